The standard InChI is InChI=1S/C13H15N3O/c1-2-9-14-12-8-10-15-13(16-12)17-11-6-4-3-5-7-11/h3-8,10H,2,9H2,1H3,(H,14,15,16). The van der Waals surface area contributed by atoms with E-state index in [1.807, 2.05) is 36.4 Å². The van der Waals surface area contributed by atoms with E-state index in [1.165, 1.54) is 0 Å². The summed E-state index contributed by atoms with van der Waals surface area (Å²) in [6.07, 6.45) is 2.74. The van der Waals surface area contributed by atoms with E-state index in [-0.39, 0.29) is 0 Å². The molecule has 0 atom stereocenters. The minimum absolute atomic E-state index is 0.359. The van der Waals surface area contributed by atoms with Gasteiger partial charge in [0, 0.05) is 12.7 Å². The number of anilines is 1. The maximum Gasteiger partial charge on any atom is 0.323 e. The molecule has 2 aromatic rings. The SMILES string of the molecule is CCCNc1ccnc(Oc2ccccc2)n1. The molecular weight excluding hydrogens is 214 g/mol. The van der Waals surface area contributed by atoms with E-state index in [0.29, 0.717) is 6.01 Å². The van der Waals surface area contributed by atoms with Gasteiger partial charge in [-0.1, -0.05) is 25.1 Å². The fraction of sp³-hybridized carbons (Fsp3) is 0.231. The molecule has 0 fully saturated rings. The Morgan fingerprint density at radius 1 is 1.18 bits per heavy atom. The first kappa shape index (κ1) is 11.4. The Kier molecular flexibility index (Phi) is 3.91. The van der Waals surface area contributed by atoms with Crippen molar-refractivity contribution < 1.29 is 4.74 Å². The van der Waals surface area contributed by atoms with Gasteiger partial charge in [-0.3, -0.25) is 0 Å². The summed E-state index contributed by atoms with van der Waals surface area (Å²) >= 11 is 0. The van der Waals surface area contributed by atoms with Gasteiger partial charge in [0.25, 0.3) is 0 Å². The highest BCUT2D eigenvalue weighted by atomic mass is 16.5. The van der Waals surface area contributed by atoms with Crippen molar-refractivity contribution in [2.24, 2.45) is 0 Å². The highest BCUT2D eigenvalue weighted by Crippen LogP contribution is 2.17. The van der Waals surface area contributed by atoms with E-state index < -0.39 is 0 Å². The van der Waals surface area contributed by atoms with Crippen molar-refractivity contribution >= 4 is 5.82 Å². The molecule has 0 unspecified atom stereocenters. The van der Waals surface area contributed by atoms with E-state index in [1.54, 1.807) is 6.20 Å². The van der Waals surface area contributed by atoms with Crippen LogP contribution in [-0.2, 0) is 0 Å². The number of rotatable bonds is 5. The molecule has 4 heteroatoms. The zero-order valence-electron chi connectivity index (χ0n) is 9.76. The van der Waals surface area contributed by atoms with Crippen molar-refractivity contribution in [3.05, 3.63) is 42.6 Å². The highest BCUT2D eigenvalue weighted by Gasteiger charge is 2.00. The van der Waals surface area contributed by atoms with Crippen molar-refractivity contribution in [2.45, 2.75) is 13.3 Å². The first-order valence-electron chi connectivity index (χ1n) is 5.68. The molecule has 0 saturated carbocycles. The fourth-order valence-electron chi connectivity index (χ4n) is 1.34. The van der Waals surface area contributed by atoms with Gasteiger partial charge in [0.05, 0.1) is 0 Å². The molecule has 0 bridgehead atoms. The second-order valence-corrected chi connectivity index (χ2v) is 3.57. The summed E-state index contributed by atoms with van der Waals surface area (Å²) < 4.78 is 5.54. The molecule has 4 nitrogen and oxygen atoms in total. The Morgan fingerprint density at radius 3 is 2.76 bits per heavy atom. The second kappa shape index (κ2) is 5.84. The largest absolute Gasteiger partial charge is 0.424 e. The molecule has 88 valence electrons. The molecule has 0 aliphatic carbocycles. The topological polar surface area (TPSA) is 47.0 Å². The number of benzene rings is 1. The predicted octanol–water partition coefficient (Wildman–Crippen LogP) is 3.09. The van der Waals surface area contributed by atoms with Crippen LogP contribution >= 0.6 is 0 Å². The lowest BCUT2D eigenvalue weighted by Crippen LogP contribution is -2.03. The van der Waals surface area contributed by atoms with Gasteiger partial charge in [-0.05, 0) is 24.6 Å². The number of ether oxygens (including phenoxy) is 1. The Morgan fingerprint density at radius 2 is 2.00 bits per heavy atom. The summed E-state index contributed by atoms with van der Waals surface area (Å²) in [6, 6.07) is 11.7. The molecule has 1 heterocycles. The zero-order chi connectivity index (χ0) is 11.9. The van der Waals surface area contributed by atoms with Gasteiger partial charge < -0.3 is 10.1 Å². The van der Waals surface area contributed by atoms with Crippen LogP contribution in [0.3, 0.4) is 0 Å². The molecule has 0 saturated heterocycles. The third-order valence-corrected chi connectivity index (χ3v) is 2.14. The van der Waals surface area contributed by atoms with Gasteiger partial charge in [0.15, 0.2) is 0 Å². The third-order valence-electron chi connectivity index (χ3n) is 2.14. The van der Waals surface area contributed by atoms with Crippen LogP contribution in [0.2, 0.25) is 0 Å². The van der Waals surface area contributed by atoms with Crippen molar-refractivity contribution in [1.82, 2.24) is 9.97 Å². The Balaban J connectivity index is 2.06. The number of hydrogen-bond donors (Lipinski definition) is 1. The van der Waals surface area contributed by atoms with E-state index in [0.717, 1.165) is 24.5 Å². The third kappa shape index (κ3) is 3.45. The monoisotopic (exact) mass is 229 g/mol. The summed E-state index contributed by atoms with van der Waals surface area (Å²) in [7, 11) is 0. The molecule has 0 aliphatic rings. The van der Waals surface area contributed by atoms with Crippen LogP contribution in [0.4, 0.5) is 5.82 Å². The van der Waals surface area contributed by atoms with E-state index in [4.69, 9.17) is 4.74 Å². The van der Waals surface area contributed by atoms with Gasteiger partial charge in [0.1, 0.15) is 11.6 Å². The fourth-order valence-corrected chi connectivity index (χ4v) is 1.34. The van der Waals surface area contributed by atoms with Gasteiger partial charge in [-0.15, -0.1) is 0 Å². The number of aromatic nitrogens is 2. The van der Waals surface area contributed by atoms with E-state index in [2.05, 4.69) is 22.2 Å². The van der Waals surface area contributed by atoms with E-state index >= 15 is 0 Å². The lowest BCUT2D eigenvalue weighted by molar-refractivity contribution is 0.442. The molecule has 0 aliphatic heterocycles. The molecule has 2 rings (SSSR count). The normalized spacial score (nSPS) is 9.94. The van der Waals surface area contributed by atoms with Crippen LogP contribution in [0, 0.1) is 0 Å². The van der Waals surface area contributed by atoms with Crippen LogP contribution < -0.4 is 10.1 Å². The maximum absolute atomic E-state index is 5.54. The summed E-state index contributed by atoms with van der Waals surface area (Å²) in [6.45, 7) is 3.00. The van der Waals surface area contributed by atoms with Crippen LogP contribution in [0.5, 0.6) is 11.8 Å². The number of nitrogens with one attached hydrogen (secondary N) is 1. The van der Waals surface area contributed by atoms with Crippen LogP contribution in [0.15, 0.2) is 42.6 Å². The van der Waals surface area contributed by atoms with Crippen LogP contribution in [0.1, 0.15) is 13.3 Å². The second-order valence-electron chi connectivity index (χ2n) is 3.57. The van der Waals surface area contributed by atoms with Gasteiger partial charge in [-0.25, -0.2) is 4.98 Å². The molecule has 0 spiro atoms. The molecule has 1 N–H and O–H groups in total. The lowest BCUT2D eigenvalue weighted by Gasteiger charge is -2.06. The van der Waals surface area contributed by atoms with Crippen molar-refractivity contribution in [1.29, 1.82) is 0 Å². The smallest absolute Gasteiger partial charge is 0.323 e. The average Bonchev–Trinajstić information content (AvgIpc) is 2.38. The maximum atomic E-state index is 5.54. The van der Waals surface area contributed by atoms with Crippen LogP contribution in [0.25, 0.3) is 0 Å². The number of hydrogen-bond acceptors (Lipinski definition) is 4. The predicted molar refractivity (Wildman–Crippen MR) is 67.3 cm³/mol. The molecule has 1 aromatic carbocycles. The summed E-state index contributed by atoms with van der Waals surface area (Å²) in [5, 5.41) is 3.19. The van der Waals surface area contributed by atoms with Crippen molar-refractivity contribution in [3.63, 3.8) is 0 Å². The van der Waals surface area contributed by atoms with Crippen molar-refractivity contribution in [2.75, 3.05) is 11.9 Å². The minimum Gasteiger partial charge on any atom is -0.424 e. The quantitative estimate of drug-likeness (QED) is 0.855. The van der Waals surface area contributed by atoms with Crippen LogP contribution in [-0.4, -0.2) is 16.5 Å². The Labute approximate surface area is 101 Å². The Bertz CT molecular complexity index is 459. The average molecular weight is 229 g/mol. The first-order valence-corrected chi connectivity index (χ1v) is 5.68. The number of nitrogens with zero attached hydrogens (tertiary/aromatic N) is 2. The summed E-state index contributed by atoms with van der Waals surface area (Å²) in [4.78, 5) is 8.33. The molecule has 17 heavy (non-hydrogen) atoms. The van der Waals surface area contributed by atoms with Gasteiger partial charge >= 0.3 is 6.01 Å². The van der Waals surface area contributed by atoms with E-state index in [9.17, 15) is 0 Å². The molecule has 0 amide bonds. The Hall–Kier alpha value is -2.10. The lowest BCUT2D eigenvalue weighted by atomic mass is 10.3. The van der Waals surface area contributed by atoms with Crippen molar-refractivity contribution in [3.8, 4) is 11.8 Å². The highest BCUT2D eigenvalue weighted by molar-refractivity contribution is 5.34. The number of para-hydroxylation sites is 1. The molecule has 0 radical (unpaired) electrons. The first-order chi connectivity index (χ1) is 8.38. The molecule has 1 aromatic heterocycles. The minimum atomic E-state index is 0.359. The summed E-state index contributed by atoms with van der Waals surface area (Å²) in [5.74, 6) is 1.52. The van der Waals surface area contributed by atoms with Gasteiger partial charge in [-0.2, -0.15) is 4.98 Å². The van der Waals surface area contributed by atoms with Gasteiger partial charge in [0.2, 0.25) is 0 Å². The summed E-state index contributed by atoms with van der Waals surface area (Å²) in [5.41, 5.74) is 0. The zero-order valence-corrected chi connectivity index (χ0v) is 9.76. The molecular formula is C13H15N3O.